The second-order valence-corrected chi connectivity index (χ2v) is 3.50. The first-order valence-corrected chi connectivity index (χ1v) is 4.99. The number of aromatic nitrogens is 1. The Morgan fingerprint density at radius 3 is 2.71 bits per heavy atom. The van der Waals surface area contributed by atoms with E-state index >= 15 is 0 Å². The lowest BCUT2D eigenvalue weighted by atomic mass is 10.2. The molecule has 0 radical (unpaired) electrons. The maximum atomic E-state index is 13.0. The molecule has 4 heteroatoms. The maximum absolute atomic E-state index is 13.0. The fourth-order valence-corrected chi connectivity index (χ4v) is 1.35. The monoisotopic (exact) mass is 228 g/mol. The van der Waals surface area contributed by atoms with E-state index in [4.69, 9.17) is 10.00 Å². The fraction of sp³-hybridized carbons (Fsp3) is 0.0769. The average Bonchev–Trinajstić information content (AvgIpc) is 2.34. The number of benzene rings is 1. The molecule has 1 aromatic heterocycles. The van der Waals surface area contributed by atoms with Gasteiger partial charge < -0.3 is 4.74 Å². The number of ether oxygens (including phenoxy) is 1. The van der Waals surface area contributed by atoms with Crippen molar-refractivity contribution < 1.29 is 9.13 Å². The highest BCUT2D eigenvalue weighted by molar-refractivity contribution is 5.36. The number of hydrogen-bond donors (Lipinski definition) is 0. The largest absolute Gasteiger partial charge is 0.457 e. The van der Waals surface area contributed by atoms with Crippen LogP contribution in [0.5, 0.6) is 11.5 Å². The van der Waals surface area contributed by atoms with Gasteiger partial charge in [-0.05, 0) is 36.8 Å². The Balaban J connectivity index is 2.25. The quantitative estimate of drug-likeness (QED) is 0.792. The molecule has 2 rings (SSSR count). The van der Waals surface area contributed by atoms with E-state index in [1.165, 1.54) is 24.4 Å². The third-order valence-corrected chi connectivity index (χ3v) is 2.21. The zero-order valence-electron chi connectivity index (χ0n) is 9.14. The molecule has 1 aromatic carbocycles. The highest BCUT2D eigenvalue weighted by atomic mass is 19.1. The lowest BCUT2D eigenvalue weighted by molar-refractivity contribution is 0.478. The summed E-state index contributed by atoms with van der Waals surface area (Å²) < 4.78 is 18.5. The van der Waals surface area contributed by atoms with Crippen LogP contribution in [0.1, 0.15) is 11.3 Å². The molecule has 0 spiro atoms. The molecule has 84 valence electrons. The third-order valence-electron chi connectivity index (χ3n) is 2.21. The van der Waals surface area contributed by atoms with Crippen LogP contribution in [0.4, 0.5) is 4.39 Å². The summed E-state index contributed by atoms with van der Waals surface area (Å²) in [6.07, 6.45) is 1.49. The van der Waals surface area contributed by atoms with Gasteiger partial charge in [-0.15, -0.1) is 0 Å². The molecule has 2 aromatic rings. The van der Waals surface area contributed by atoms with Crippen LogP contribution in [-0.4, -0.2) is 4.98 Å². The number of nitrogens with zero attached hydrogens (tertiary/aromatic N) is 2. The smallest absolute Gasteiger partial charge is 0.144 e. The van der Waals surface area contributed by atoms with Gasteiger partial charge in [-0.1, -0.05) is 0 Å². The minimum Gasteiger partial charge on any atom is -0.457 e. The maximum Gasteiger partial charge on any atom is 0.144 e. The Hall–Kier alpha value is -2.41. The van der Waals surface area contributed by atoms with Crippen molar-refractivity contribution >= 4 is 0 Å². The molecule has 3 nitrogen and oxygen atoms in total. The van der Waals surface area contributed by atoms with Gasteiger partial charge in [0, 0.05) is 12.3 Å². The van der Waals surface area contributed by atoms with Gasteiger partial charge in [0.15, 0.2) is 0 Å². The Labute approximate surface area is 98.1 Å². The molecule has 0 N–H and O–H groups in total. The Morgan fingerprint density at radius 2 is 2.00 bits per heavy atom. The van der Waals surface area contributed by atoms with Crippen molar-refractivity contribution in [2.45, 2.75) is 6.92 Å². The van der Waals surface area contributed by atoms with Crippen molar-refractivity contribution in [2.24, 2.45) is 0 Å². The molecule has 0 amide bonds. The Kier molecular flexibility index (Phi) is 3.01. The molecule has 0 unspecified atom stereocenters. The van der Waals surface area contributed by atoms with E-state index in [0.29, 0.717) is 17.1 Å². The minimum absolute atomic E-state index is 0.273. The van der Waals surface area contributed by atoms with Crippen molar-refractivity contribution in [1.82, 2.24) is 4.98 Å². The summed E-state index contributed by atoms with van der Waals surface area (Å²) in [5, 5.41) is 8.69. The SMILES string of the molecule is Cc1cc(Oc2ccnc(C#N)c2)ccc1F. The molecule has 0 bridgehead atoms. The Morgan fingerprint density at radius 1 is 1.24 bits per heavy atom. The standard InChI is InChI=1S/C13H9FN2O/c1-9-6-11(2-3-13(9)14)17-12-4-5-16-10(7-12)8-15/h2-7H,1H3. The number of nitriles is 1. The first kappa shape index (κ1) is 11.1. The van der Waals surface area contributed by atoms with E-state index in [1.807, 2.05) is 6.07 Å². The van der Waals surface area contributed by atoms with Gasteiger partial charge in [-0.3, -0.25) is 0 Å². The summed E-state index contributed by atoms with van der Waals surface area (Å²) in [6.45, 7) is 1.66. The molecule has 0 atom stereocenters. The predicted octanol–water partition coefficient (Wildman–Crippen LogP) is 3.19. The highest BCUT2D eigenvalue weighted by Crippen LogP contribution is 2.23. The van der Waals surface area contributed by atoms with Gasteiger partial charge in [0.05, 0.1) is 0 Å². The molecular weight excluding hydrogens is 219 g/mol. The number of rotatable bonds is 2. The van der Waals surface area contributed by atoms with Gasteiger partial charge in [0.25, 0.3) is 0 Å². The van der Waals surface area contributed by atoms with Crippen molar-refractivity contribution in [1.29, 1.82) is 5.26 Å². The van der Waals surface area contributed by atoms with Crippen LogP contribution >= 0.6 is 0 Å². The average molecular weight is 228 g/mol. The topological polar surface area (TPSA) is 45.9 Å². The van der Waals surface area contributed by atoms with Crippen molar-refractivity contribution in [2.75, 3.05) is 0 Å². The number of aryl methyl sites for hydroxylation is 1. The van der Waals surface area contributed by atoms with E-state index < -0.39 is 0 Å². The minimum atomic E-state index is -0.273. The van der Waals surface area contributed by atoms with E-state index in [2.05, 4.69) is 4.98 Å². The van der Waals surface area contributed by atoms with E-state index in [-0.39, 0.29) is 11.5 Å². The lowest BCUT2D eigenvalue weighted by Gasteiger charge is -2.06. The molecule has 0 saturated heterocycles. The summed E-state index contributed by atoms with van der Waals surface area (Å²) >= 11 is 0. The van der Waals surface area contributed by atoms with Gasteiger partial charge in [-0.25, -0.2) is 9.37 Å². The molecule has 0 saturated carbocycles. The molecular formula is C13H9FN2O. The first-order valence-electron chi connectivity index (χ1n) is 4.99. The number of halogens is 1. The van der Waals surface area contributed by atoms with Gasteiger partial charge in [0.1, 0.15) is 29.1 Å². The van der Waals surface area contributed by atoms with Crippen LogP contribution in [0.2, 0.25) is 0 Å². The molecule has 0 fully saturated rings. The Bertz CT molecular complexity index is 590. The van der Waals surface area contributed by atoms with E-state index in [1.54, 1.807) is 19.1 Å². The van der Waals surface area contributed by atoms with Gasteiger partial charge >= 0.3 is 0 Å². The van der Waals surface area contributed by atoms with Gasteiger partial charge in [0.2, 0.25) is 0 Å². The van der Waals surface area contributed by atoms with Crippen LogP contribution in [0.15, 0.2) is 36.5 Å². The van der Waals surface area contributed by atoms with Crippen LogP contribution in [0.25, 0.3) is 0 Å². The first-order chi connectivity index (χ1) is 8.19. The van der Waals surface area contributed by atoms with Crippen LogP contribution in [0, 0.1) is 24.1 Å². The highest BCUT2D eigenvalue weighted by Gasteiger charge is 2.02. The van der Waals surface area contributed by atoms with Gasteiger partial charge in [-0.2, -0.15) is 5.26 Å². The summed E-state index contributed by atoms with van der Waals surface area (Å²) in [4.78, 5) is 3.83. The fourth-order valence-electron chi connectivity index (χ4n) is 1.35. The molecule has 1 heterocycles. The summed E-state index contributed by atoms with van der Waals surface area (Å²) in [5.74, 6) is 0.756. The molecule has 0 aliphatic heterocycles. The lowest BCUT2D eigenvalue weighted by Crippen LogP contribution is -1.89. The normalized spacial score (nSPS) is 9.71. The summed E-state index contributed by atoms with van der Waals surface area (Å²) in [7, 11) is 0. The third kappa shape index (κ3) is 2.58. The molecule has 0 aliphatic carbocycles. The van der Waals surface area contributed by atoms with Crippen LogP contribution < -0.4 is 4.74 Å². The zero-order chi connectivity index (χ0) is 12.3. The summed E-state index contributed by atoms with van der Waals surface area (Å²) in [5.41, 5.74) is 0.790. The molecule has 0 aliphatic rings. The molecule has 17 heavy (non-hydrogen) atoms. The number of pyridine rings is 1. The van der Waals surface area contributed by atoms with Crippen LogP contribution in [-0.2, 0) is 0 Å². The van der Waals surface area contributed by atoms with E-state index in [9.17, 15) is 4.39 Å². The van der Waals surface area contributed by atoms with Crippen molar-refractivity contribution in [3.63, 3.8) is 0 Å². The van der Waals surface area contributed by atoms with E-state index in [0.717, 1.165) is 0 Å². The van der Waals surface area contributed by atoms with Crippen molar-refractivity contribution in [3.05, 3.63) is 53.6 Å². The second kappa shape index (κ2) is 4.62. The zero-order valence-corrected chi connectivity index (χ0v) is 9.14. The van der Waals surface area contributed by atoms with Crippen LogP contribution in [0.3, 0.4) is 0 Å². The van der Waals surface area contributed by atoms with Crippen molar-refractivity contribution in [3.8, 4) is 17.6 Å². The number of hydrogen-bond acceptors (Lipinski definition) is 3. The predicted molar refractivity (Wildman–Crippen MR) is 60.2 cm³/mol. The second-order valence-electron chi connectivity index (χ2n) is 3.50. The summed E-state index contributed by atoms with van der Waals surface area (Å²) in [6, 6.07) is 9.57.